The molecule has 1 aromatic carbocycles. The first-order chi connectivity index (χ1) is 8.54. The average Bonchev–Trinajstić information content (AvgIpc) is 2.34. The van der Waals surface area contributed by atoms with E-state index in [1.165, 1.54) is 12.1 Å². The van der Waals surface area contributed by atoms with Crippen LogP contribution in [-0.4, -0.2) is 17.7 Å². The highest BCUT2D eigenvalue weighted by Crippen LogP contribution is 2.20. The molecule has 0 saturated carbocycles. The number of phenolic OH excluding ortho intramolecular Hbond substituents is 1. The van der Waals surface area contributed by atoms with Crippen LogP contribution in [0.2, 0.25) is 0 Å². The molecule has 1 rings (SSSR count). The topological polar surface area (TPSA) is 46.5 Å². The molecular formula is C15H18O3. The summed E-state index contributed by atoms with van der Waals surface area (Å²) in [7, 11) is 0. The van der Waals surface area contributed by atoms with E-state index in [1.54, 1.807) is 12.1 Å². The zero-order valence-electron chi connectivity index (χ0n) is 10.8. The molecule has 0 aliphatic rings. The standard InChI is InChI=1S/C15H18O3/c1-4-9-18-15(17)13-7-8-14(16)12(10-13)6-5-11(2)3/h4-5,7-8,10,16H,1,6,9H2,2-3H3. The van der Waals surface area contributed by atoms with Crippen molar-refractivity contribution in [1.29, 1.82) is 0 Å². The van der Waals surface area contributed by atoms with Gasteiger partial charge in [0, 0.05) is 0 Å². The van der Waals surface area contributed by atoms with Gasteiger partial charge in [-0.25, -0.2) is 4.79 Å². The van der Waals surface area contributed by atoms with Crippen LogP contribution >= 0.6 is 0 Å². The van der Waals surface area contributed by atoms with Gasteiger partial charge < -0.3 is 9.84 Å². The second kappa shape index (κ2) is 6.64. The van der Waals surface area contributed by atoms with E-state index in [2.05, 4.69) is 6.58 Å². The summed E-state index contributed by atoms with van der Waals surface area (Å²) in [6.07, 6.45) is 4.10. The predicted molar refractivity (Wildman–Crippen MR) is 71.7 cm³/mol. The largest absolute Gasteiger partial charge is 0.508 e. The molecule has 0 atom stereocenters. The second-order valence-electron chi connectivity index (χ2n) is 4.22. The van der Waals surface area contributed by atoms with Gasteiger partial charge >= 0.3 is 5.97 Å². The van der Waals surface area contributed by atoms with Crippen molar-refractivity contribution in [2.75, 3.05) is 6.61 Å². The summed E-state index contributed by atoms with van der Waals surface area (Å²) >= 11 is 0. The number of rotatable bonds is 5. The Labute approximate surface area is 107 Å². The van der Waals surface area contributed by atoms with Crippen molar-refractivity contribution in [3.05, 3.63) is 53.6 Å². The van der Waals surface area contributed by atoms with Gasteiger partial charge in [-0.05, 0) is 44.0 Å². The maximum Gasteiger partial charge on any atom is 0.338 e. The molecule has 0 amide bonds. The van der Waals surface area contributed by atoms with E-state index >= 15 is 0 Å². The van der Waals surface area contributed by atoms with Crippen LogP contribution in [0.25, 0.3) is 0 Å². The third-order valence-corrected chi connectivity index (χ3v) is 2.38. The zero-order chi connectivity index (χ0) is 13.5. The molecule has 0 saturated heterocycles. The minimum absolute atomic E-state index is 0.184. The van der Waals surface area contributed by atoms with E-state index in [1.807, 2.05) is 19.9 Å². The van der Waals surface area contributed by atoms with Crippen molar-refractivity contribution in [2.24, 2.45) is 0 Å². The van der Waals surface area contributed by atoms with Crippen LogP contribution in [0.3, 0.4) is 0 Å². The Balaban J connectivity index is 2.89. The molecule has 0 radical (unpaired) electrons. The Hall–Kier alpha value is -2.03. The third kappa shape index (κ3) is 4.09. The van der Waals surface area contributed by atoms with Crippen LogP contribution in [0, 0.1) is 0 Å². The zero-order valence-corrected chi connectivity index (χ0v) is 10.8. The van der Waals surface area contributed by atoms with Crippen molar-refractivity contribution in [3.8, 4) is 5.75 Å². The van der Waals surface area contributed by atoms with E-state index < -0.39 is 5.97 Å². The number of carbonyl (C=O) groups is 1. The van der Waals surface area contributed by atoms with Crippen molar-refractivity contribution in [1.82, 2.24) is 0 Å². The molecule has 0 aliphatic heterocycles. The number of carbonyl (C=O) groups excluding carboxylic acids is 1. The van der Waals surface area contributed by atoms with Gasteiger partial charge in [0.2, 0.25) is 0 Å². The van der Waals surface area contributed by atoms with Gasteiger partial charge in [0.25, 0.3) is 0 Å². The number of benzene rings is 1. The maximum atomic E-state index is 11.6. The van der Waals surface area contributed by atoms with Gasteiger partial charge in [0.15, 0.2) is 0 Å². The van der Waals surface area contributed by atoms with Crippen LogP contribution in [0.5, 0.6) is 5.75 Å². The molecule has 0 bridgehead atoms. The van der Waals surface area contributed by atoms with Gasteiger partial charge in [-0.2, -0.15) is 0 Å². The Morgan fingerprint density at radius 1 is 1.44 bits per heavy atom. The van der Waals surface area contributed by atoms with E-state index in [4.69, 9.17) is 4.74 Å². The first-order valence-electron chi connectivity index (χ1n) is 5.78. The lowest BCUT2D eigenvalue weighted by molar-refractivity contribution is 0.0549. The third-order valence-electron chi connectivity index (χ3n) is 2.38. The minimum atomic E-state index is -0.409. The number of ether oxygens (including phenoxy) is 1. The summed E-state index contributed by atoms with van der Waals surface area (Å²) < 4.78 is 4.94. The highest BCUT2D eigenvalue weighted by Gasteiger charge is 2.09. The fourth-order valence-electron chi connectivity index (χ4n) is 1.41. The molecule has 0 unspecified atom stereocenters. The Bertz CT molecular complexity index is 469. The van der Waals surface area contributed by atoms with Crippen LogP contribution in [0.1, 0.15) is 29.8 Å². The van der Waals surface area contributed by atoms with Crippen molar-refractivity contribution in [2.45, 2.75) is 20.3 Å². The lowest BCUT2D eigenvalue weighted by Gasteiger charge is -2.06. The fourth-order valence-corrected chi connectivity index (χ4v) is 1.41. The molecule has 3 heteroatoms. The smallest absolute Gasteiger partial charge is 0.338 e. The number of esters is 1. The molecular weight excluding hydrogens is 228 g/mol. The molecule has 0 spiro atoms. The summed E-state index contributed by atoms with van der Waals surface area (Å²) in [5.41, 5.74) is 2.31. The first kappa shape index (κ1) is 14.0. The van der Waals surface area contributed by atoms with Crippen LogP contribution in [0.15, 0.2) is 42.5 Å². The monoisotopic (exact) mass is 246 g/mol. The SMILES string of the molecule is C=CCOC(=O)c1ccc(O)c(CC=C(C)C)c1. The van der Waals surface area contributed by atoms with Crippen LogP contribution in [-0.2, 0) is 11.2 Å². The quantitative estimate of drug-likeness (QED) is 0.641. The van der Waals surface area contributed by atoms with Crippen molar-refractivity contribution < 1.29 is 14.6 Å². The summed E-state index contributed by atoms with van der Waals surface area (Å²) in [6, 6.07) is 4.71. The van der Waals surface area contributed by atoms with E-state index in [9.17, 15) is 9.90 Å². The van der Waals surface area contributed by atoms with Crippen LogP contribution < -0.4 is 0 Å². The number of allylic oxidation sites excluding steroid dienone is 2. The number of aromatic hydroxyl groups is 1. The van der Waals surface area contributed by atoms with E-state index in [0.29, 0.717) is 17.5 Å². The number of hydrogen-bond donors (Lipinski definition) is 1. The van der Waals surface area contributed by atoms with Gasteiger partial charge in [0.1, 0.15) is 12.4 Å². The highest BCUT2D eigenvalue weighted by molar-refractivity contribution is 5.89. The maximum absolute atomic E-state index is 11.6. The van der Waals surface area contributed by atoms with Gasteiger partial charge in [-0.1, -0.05) is 24.3 Å². The Morgan fingerprint density at radius 3 is 2.78 bits per heavy atom. The van der Waals surface area contributed by atoms with Gasteiger partial charge in [0.05, 0.1) is 5.56 Å². The highest BCUT2D eigenvalue weighted by atomic mass is 16.5. The van der Waals surface area contributed by atoms with Crippen molar-refractivity contribution in [3.63, 3.8) is 0 Å². The molecule has 18 heavy (non-hydrogen) atoms. The first-order valence-corrected chi connectivity index (χ1v) is 5.78. The Kier molecular flexibility index (Phi) is 5.18. The summed E-state index contributed by atoms with van der Waals surface area (Å²) in [5.74, 6) is -0.221. The number of hydrogen-bond acceptors (Lipinski definition) is 3. The fraction of sp³-hybridized carbons (Fsp3) is 0.267. The molecule has 0 aromatic heterocycles. The van der Waals surface area contributed by atoms with Gasteiger partial charge in [-0.15, -0.1) is 0 Å². The molecule has 96 valence electrons. The lowest BCUT2D eigenvalue weighted by atomic mass is 10.1. The average molecular weight is 246 g/mol. The molecule has 0 fully saturated rings. The molecule has 1 aromatic rings. The molecule has 3 nitrogen and oxygen atoms in total. The van der Waals surface area contributed by atoms with Crippen LogP contribution in [0.4, 0.5) is 0 Å². The van der Waals surface area contributed by atoms with E-state index in [-0.39, 0.29) is 12.4 Å². The summed E-state index contributed by atoms with van der Waals surface area (Å²) in [6.45, 7) is 7.64. The van der Waals surface area contributed by atoms with Gasteiger partial charge in [-0.3, -0.25) is 0 Å². The molecule has 0 aliphatic carbocycles. The molecule has 0 heterocycles. The normalized spacial score (nSPS) is 9.67. The predicted octanol–water partition coefficient (Wildman–Crippen LogP) is 3.24. The second-order valence-corrected chi connectivity index (χ2v) is 4.22. The number of phenols is 1. The lowest BCUT2D eigenvalue weighted by Crippen LogP contribution is -2.05. The molecule has 1 N–H and O–H groups in total. The summed E-state index contributed by atoms with van der Waals surface area (Å²) in [5, 5.41) is 9.71. The summed E-state index contributed by atoms with van der Waals surface area (Å²) in [4.78, 5) is 11.6. The minimum Gasteiger partial charge on any atom is -0.508 e. The van der Waals surface area contributed by atoms with Crippen molar-refractivity contribution >= 4 is 5.97 Å². The van der Waals surface area contributed by atoms with E-state index in [0.717, 1.165) is 5.57 Å². The Morgan fingerprint density at radius 2 is 2.17 bits per heavy atom.